The highest BCUT2D eigenvalue weighted by Gasteiger charge is 2.45. The lowest BCUT2D eigenvalue weighted by Crippen LogP contribution is -2.63. The number of hydrogen-bond donors (Lipinski definition) is 1. The summed E-state index contributed by atoms with van der Waals surface area (Å²) in [5, 5.41) is 8.37. The first-order valence-corrected chi connectivity index (χ1v) is 8.50. The molecule has 2 fully saturated rings. The van der Waals surface area contributed by atoms with Crippen LogP contribution < -0.4 is 5.32 Å². The predicted octanol–water partition coefficient (Wildman–Crippen LogP) is 2.47. The first-order chi connectivity index (χ1) is 10.0. The summed E-state index contributed by atoms with van der Waals surface area (Å²) < 4.78 is 2.05. The van der Waals surface area contributed by atoms with Gasteiger partial charge in [-0.05, 0) is 45.1 Å². The summed E-state index contributed by atoms with van der Waals surface area (Å²) in [6.07, 6.45) is 5.35. The molecule has 1 saturated heterocycles. The Bertz CT molecular complexity index is 491. The van der Waals surface area contributed by atoms with Gasteiger partial charge in [0.05, 0.1) is 11.4 Å². The van der Waals surface area contributed by atoms with Crippen LogP contribution in [0.4, 0.5) is 0 Å². The van der Waals surface area contributed by atoms with Gasteiger partial charge in [-0.25, -0.2) is 0 Å². The second kappa shape index (κ2) is 5.73. The highest BCUT2D eigenvalue weighted by molar-refractivity contribution is 5.11. The van der Waals surface area contributed by atoms with Gasteiger partial charge in [-0.3, -0.25) is 9.58 Å². The molecule has 1 aromatic heterocycles. The molecule has 1 aliphatic carbocycles. The average Bonchev–Trinajstić information content (AvgIpc) is 3.22. The number of aryl methyl sites for hydroxylation is 2. The molecule has 1 saturated carbocycles. The second-order valence-electron chi connectivity index (χ2n) is 7.32. The van der Waals surface area contributed by atoms with E-state index >= 15 is 0 Å². The largest absolute Gasteiger partial charge is 0.308 e. The topological polar surface area (TPSA) is 33.1 Å². The molecule has 0 bridgehead atoms. The summed E-state index contributed by atoms with van der Waals surface area (Å²) in [7, 11) is 2.07. The Labute approximate surface area is 128 Å². The second-order valence-corrected chi connectivity index (χ2v) is 7.32. The molecule has 2 heterocycles. The molecule has 4 heteroatoms. The smallest absolute Gasteiger partial charge is 0.0597 e. The van der Waals surface area contributed by atoms with E-state index in [4.69, 9.17) is 0 Å². The van der Waals surface area contributed by atoms with Crippen LogP contribution in [-0.2, 0) is 13.6 Å². The maximum absolute atomic E-state index is 4.51. The summed E-state index contributed by atoms with van der Waals surface area (Å²) in [6.45, 7) is 10.1. The third-order valence-corrected chi connectivity index (χ3v) is 5.35. The molecule has 0 aromatic carbocycles. The fraction of sp³-hybridized carbons (Fsp3) is 0.824. The zero-order chi connectivity index (χ0) is 15.0. The predicted molar refractivity (Wildman–Crippen MR) is 86.2 cm³/mol. The van der Waals surface area contributed by atoms with E-state index in [-0.39, 0.29) is 0 Å². The van der Waals surface area contributed by atoms with Crippen molar-refractivity contribution in [1.29, 1.82) is 0 Å². The number of rotatable bonds is 5. The summed E-state index contributed by atoms with van der Waals surface area (Å²) in [5.41, 5.74) is 2.78. The molecular formula is C17H30N4. The Balaban J connectivity index is 1.75. The molecule has 1 N–H and O–H groups in total. The van der Waals surface area contributed by atoms with Gasteiger partial charge in [0.15, 0.2) is 0 Å². The first-order valence-electron chi connectivity index (χ1n) is 8.50. The lowest BCUT2D eigenvalue weighted by atomic mass is 9.90. The Kier molecular flexibility index (Phi) is 4.10. The molecule has 2 atom stereocenters. The lowest BCUT2D eigenvalue weighted by Gasteiger charge is -2.46. The van der Waals surface area contributed by atoms with Crippen molar-refractivity contribution < 1.29 is 0 Å². The standard InChI is InChI=1S/C17H30N4/c1-5-6-15-10-18-17(3,14-7-8-14)12-21(15)11-16-9-13(2)19-20(16)4/h9,14-15,18H,5-8,10-12H2,1-4H3. The molecule has 2 unspecified atom stereocenters. The molecule has 4 nitrogen and oxygen atoms in total. The quantitative estimate of drug-likeness (QED) is 0.904. The number of hydrogen-bond acceptors (Lipinski definition) is 3. The number of nitrogens with one attached hydrogen (secondary N) is 1. The summed E-state index contributed by atoms with van der Waals surface area (Å²) >= 11 is 0. The van der Waals surface area contributed by atoms with Gasteiger partial charge in [0.1, 0.15) is 0 Å². The molecule has 3 rings (SSSR count). The van der Waals surface area contributed by atoms with E-state index in [1.54, 1.807) is 0 Å². The molecule has 118 valence electrons. The molecular weight excluding hydrogens is 260 g/mol. The van der Waals surface area contributed by atoms with Crippen LogP contribution in [0.2, 0.25) is 0 Å². The number of aromatic nitrogens is 2. The van der Waals surface area contributed by atoms with Gasteiger partial charge >= 0.3 is 0 Å². The maximum Gasteiger partial charge on any atom is 0.0597 e. The molecule has 0 amide bonds. The van der Waals surface area contributed by atoms with Gasteiger partial charge in [-0.1, -0.05) is 13.3 Å². The summed E-state index contributed by atoms with van der Waals surface area (Å²) in [5.74, 6) is 0.885. The molecule has 0 spiro atoms. The van der Waals surface area contributed by atoms with Crippen molar-refractivity contribution in [2.75, 3.05) is 13.1 Å². The van der Waals surface area contributed by atoms with E-state index in [1.807, 2.05) is 0 Å². The van der Waals surface area contributed by atoms with Crippen LogP contribution in [0.25, 0.3) is 0 Å². The fourth-order valence-corrected chi connectivity index (χ4v) is 3.90. The van der Waals surface area contributed by atoms with E-state index in [0.29, 0.717) is 11.6 Å². The van der Waals surface area contributed by atoms with Crippen LogP contribution in [0.5, 0.6) is 0 Å². The summed E-state index contributed by atoms with van der Waals surface area (Å²) in [6, 6.07) is 2.90. The van der Waals surface area contributed by atoms with Crippen molar-refractivity contribution in [3.8, 4) is 0 Å². The van der Waals surface area contributed by atoms with Crippen LogP contribution in [0.3, 0.4) is 0 Å². The maximum atomic E-state index is 4.51. The van der Waals surface area contributed by atoms with E-state index in [1.165, 1.54) is 37.9 Å². The third kappa shape index (κ3) is 3.16. The van der Waals surface area contributed by atoms with Crippen LogP contribution in [0.15, 0.2) is 6.07 Å². The van der Waals surface area contributed by atoms with Gasteiger partial charge in [0.2, 0.25) is 0 Å². The zero-order valence-corrected chi connectivity index (χ0v) is 14.0. The minimum absolute atomic E-state index is 0.317. The Morgan fingerprint density at radius 3 is 2.76 bits per heavy atom. The Hall–Kier alpha value is -0.870. The number of nitrogens with zero attached hydrogens (tertiary/aromatic N) is 3. The van der Waals surface area contributed by atoms with Crippen molar-refractivity contribution >= 4 is 0 Å². The van der Waals surface area contributed by atoms with E-state index in [9.17, 15) is 0 Å². The molecule has 0 radical (unpaired) electrons. The van der Waals surface area contributed by atoms with Crippen molar-refractivity contribution in [2.45, 2.75) is 64.6 Å². The Morgan fingerprint density at radius 1 is 1.43 bits per heavy atom. The highest BCUT2D eigenvalue weighted by Crippen LogP contribution is 2.41. The van der Waals surface area contributed by atoms with Crippen molar-refractivity contribution in [2.24, 2.45) is 13.0 Å². The highest BCUT2D eigenvalue weighted by atomic mass is 15.3. The van der Waals surface area contributed by atoms with Crippen LogP contribution in [0, 0.1) is 12.8 Å². The van der Waals surface area contributed by atoms with Crippen LogP contribution >= 0.6 is 0 Å². The SMILES string of the molecule is CCCC1CNC(C)(C2CC2)CN1Cc1cc(C)nn1C. The Morgan fingerprint density at radius 2 is 2.19 bits per heavy atom. The first kappa shape index (κ1) is 15.0. The van der Waals surface area contributed by atoms with Crippen molar-refractivity contribution in [1.82, 2.24) is 20.0 Å². The minimum atomic E-state index is 0.317. The zero-order valence-electron chi connectivity index (χ0n) is 14.0. The summed E-state index contributed by atoms with van der Waals surface area (Å²) in [4.78, 5) is 2.70. The average molecular weight is 290 g/mol. The monoisotopic (exact) mass is 290 g/mol. The van der Waals surface area contributed by atoms with Gasteiger partial charge in [0, 0.05) is 38.3 Å². The van der Waals surface area contributed by atoms with Crippen molar-refractivity contribution in [3.63, 3.8) is 0 Å². The normalized spacial score (nSPS) is 30.8. The molecule has 1 aliphatic heterocycles. The fourth-order valence-electron chi connectivity index (χ4n) is 3.90. The van der Waals surface area contributed by atoms with Crippen LogP contribution in [-0.4, -0.2) is 39.4 Å². The van der Waals surface area contributed by atoms with Crippen LogP contribution in [0.1, 0.15) is 50.9 Å². The van der Waals surface area contributed by atoms with E-state index in [0.717, 1.165) is 24.7 Å². The van der Waals surface area contributed by atoms with Gasteiger partial charge in [0.25, 0.3) is 0 Å². The van der Waals surface area contributed by atoms with Gasteiger partial charge in [-0.2, -0.15) is 5.10 Å². The minimum Gasteiger partial charge on any atom is -0.308 e. The molecule has 2 aliphatic rings. The third-order valence-electron chi connectivity index (χ3n) is 5.35. The van der Waals surface area contributed by atoms with Gasteiger partial charge < -0.3 is 5.32 Å². The molecule has 1 aromatic rings. The lowest BCUT2D eigenvalue weighted by molar-refractivity contribution is 0.0619. The van der Waals surface area contributed by atoms with Gasteiger partial charge in [-0.15, -0.1) is 0 Å². The van der Waals surface area contributed by atoms with E-state index < -0.39 is 0 Å². The van der Waals surface area contributed by atoms with Crippen molar-refractivity contribution in [3.05, 3.63) is 17.5 Å². The van der Waals surface area contributed by atoms with E-state index in [2.05, 4.69) is 53.9 Å². The molecule has 21 heavy (non-hydrogen) atoms. The number of piperazine rings is 1.